The third kappa shape index (κ3) is 3.64. The van der Waals surface area contributed by atoms with Gasteiger partial charge in [-0.2, -0.15) is 0 Å². The van der Waals surface area contributed by atoms with Crippen LogP contribution >= 0.6 is 0 Å². The summed E-state index contributed by atoms with van der Waals surface area (Å²) in [6.07, 6.45) is 1.81. The quantitative estimate of drug-likeness (QED) is 0.473. The summed E-state index contributed by atoms with van der Waals surface area (Å²) in [6, 6.07) is 18.1. The number of hydrogen-bond acceptors (Lipinski definition) is 6. The van der Waals surface area contributed by atoms with Gasteiger partial charge in [-0.05, 0) is 42.0 Å². The highest BCUT2D eigenvalue weighted by molar-refractivity contribution is 5.97. The largest absolute Gasteiger partial charge is 0.497 e. The van der Waals surface area contributed by atoms with E-state index in [1.165, 1.54) is 0 Å². The first kappa shape index (κ1) is 16.8. The predicted molar refractivity (Wildman–Crippen MR) is 98.5 cm³/mol. The lowest BCUT2D eigenvalue weighted by Crippen LogP contribution is -2.03. The number of methoxy groups -OCH3 is 1. The number of nitrogens with zero attached hydrogens (tertiary/aromatic N) is 2. The number of hydrogen-bond donors (Lipinski definition) is 0. The number of ketones is 1. The van der Waals surface area contributed by atoms with E-state index in [9.17, 15) is 4.79 Å². The van der Waals surface area contributed by atoms with Gasteiger partial charge in [0.15, 0.2) is 11.5 Å². The maximum atomic E-state index is 12.6. The molecule has 0 fully saturated rings. The number of carbonyl (C=O) groups is 1. The Labute approximate surface area is 155 Å². The summed E-state index contributed by atoms with van der Waals surface area (Å²) in [7, 11) is 1.58. The molecule has 6 heteroatoms. The summed E-state index contributed by atoms with van der Waals surface area (Å²) in [6.45, 7) is 0. The van der Waals surface area contributed by atoms with Crippen LogP contribution in [0.3, 0.4) is 0 Å². The van der Waals surface area contributed by atoms with Gasteiger partial charge in [-0.3, -0.25) is 4.79 Å². The molecule has 4 rings (SSSR count). The van der Waals surface area contributed by atoms with E-state index in [-0.39, 0.29) is 12.2 Å². The third-order valence-corrected chi connectivity index (χ3v) is 4.09. The Hall–Kier alpha value is -3.67. The highest BCUT2D eigenvalue weighted by Crippen LogP contribution is 2.25. The molecule has 0 saturated carbocycles. The fourth-order valence-corrected chi connectivity index (χ4v) is 2.74. The molecule has 6 nitrogen and oxygen atoms in total. The first-order valence-corrected chi connectivity index (χ1v) is 8.37. The Bertz CT molecular complexity index is 1070. The monoisotopic (exact) mass is 360 g/mol. The van der Waals surface area contributed by atoms with Gasteiger partial charge in [-0.1, -0.05) is 24.3 Å². The third-order valence-electron chi connectivity index (χ3n) is 4.09. The lowest BCUT2D eigenvalue weighted by molar-refractivity contribution is 0.0992. The van der Waals surface area contributed by atoms with Crippen LogP contribution in [0.15, 0.2) is 75.8 Å². The summed E-state index contributed by atoms with van der Waals surface area (Å²) in [4.78, 5) is 12.6. The Morgan fingerprint density at radius 2 is 1.85 bits per heavy atom. The molecule has 2 aromatic heterocycles. The van der Waals surface area contributed by atoms with Crippen molar-refractivity contribution in [1.29, 1.82) is 0 Å². The normalized spacial score (nSPS) is 10.7. The van der Waals surface area contributed by atoms with Gasteiger partial charge in [-0.25, -0.2) is 0 Å². The molecule has 27 heavy (non-hydrogen) atoms. The minimum atomic E-state index is 0.00727. The zero-order valence-corrected chi connectivity index (χ0v) is 14.6. The van der Waals surface area contributed by atoms with Crippen molar-refractivity contribution in [2.45, 2.75) is 6.42 Å². The molecule has 0 unspecified atom stereocenters. The molecule has 2 heterocycles. The van der Waals surface area contributed by atoms with Crippen LogP contribution in [0.2, 0.25) is 0 Å². The van der Waals surface area contributed by atoms with E-state index in [2.05, 4.69) is 10.2 Å². The molecule has 0 aliphatic carbocycles. The summed E-state index contributed by atoms with van der Waals surface area (Å²) in [5.74, 6) is 1.86. The molecule has 0 spiro atoms. The maximum absolute atomic E-state index is 12.6. The van der Waals surface area contributed by atoms with Crippen LogP contribution in [-0.4, -0.2) is 23.1 Å². The van der Waals surface area contributed by atoms with Crippen LogP contribution in [0.5, 0.6) is 5.75 Å². The second-order valence-corrected chi connectivity index (χ2v) is 5.92. The first-order valence-electron chi connectivity index (χ1n) is 8.37. The lowest BCUT2D eigenvalue weighted by atomic mass is 10.0. The number of furan rings is 1. The molecular weight excluding hydrogens is 344 g/mol. The highest BCUT2D eigenvalue weighted by Gasteiger charge is 2.14. The van der Waals surface area contributed by atoms with Crippen LogP contribution in [0.1, 0.15) is 15.9 Å². The van der Waals surface area contributed by atoms with Gasteiger partial charge in [0.05, 0.1) is 13.4 Å². The Kier molecular flexibility index (Phi) is 4.53. The first-order chi connectivity index (χ1) is 13.2. The number of benzene rings is 2. The van der Waals surface area contributed by atoms with Crippen LogP contribution < -0.4 is 4.74 Å². The standard InChI is InChI=1S/C21H16N2O4/c1-25-17-8-3-6-15(13-17)18(24)12-14-5-2-7-16(11-14)20-22-23-21(27-20)19-9-4-10-26-19/h2-11,13H,12H2,1H3. The number of carbonyl (C=O) groups excluding carboxylic acids is 1. The van der Waals surface area contributed by atoms with Crippen LogP contribution in [0.4, 0.5) is 0 Å². The number of Topliss-reactive ketones (excluding diaryl/α,β-unsaturated/α-hetero) is 1. The molecule has 0 N–H and O–H groups in total. The maximum Gasteiger partial charge on any atom is 0.283 e. The van der Waals surface area contributed by atoms with Gasteiger partial charge in [0, 0.05) is 17.5 Å². The van der Waals surface area contributed by atoms with Crippen LogP contribution in [0.25, 0.3) is 23.1 Å². The van der Waals surface area contributed by atoms with Gasteiger partial charge in [0.1, 0.15) is 5.75 Å². The van der Waals surface area contributed by atoms with Crippen molar-refractivity contribution < 1.29 is 18.4 Å². The summed E-state index contributed by atoms with van der Waals surface area (Å²) in [5, 5.41) is 8.07. The van der Waals surface area contributed by atoms with Crippen molar-refractivity contribution in [1.82, 2.24) is 10.2 Å². The Morgan fingerprint density at radius 3 is 2.67 bits per heavy atom. The molecule has 0 bridgehead atoms. The lowest BCUT2D eigenvalue weighted by Gasteiger charge is -2.05. The Morgan fingerprint density at radius 1 is 1.00 bits per heavy atom. The van der Waals surface area contributed by atoms with E-state index in [4.69, 9.17) is 13.6 Å². The van der Waals surface area contributed by atoms with Crippen molar-refractivity contribution >= 4 is 5.78 Å². The van der Waals surface area contributed by atoms with Crippen molar-refractivity contribution in [2.24, 2.45) is 0 Å². The summed E-state index contributed by atoms with van der Waals surface area (Å²) < 4.78 is 16.1. The predicted octanol–water partition coefficient (Wildman–Crippen LogP) is 4.43. The van der Waals surface area contributed by atoms with Gasteiger partial charge < -0.3 is 13.6 Å². The Balaban J connectivity index is 1.55. The van der Waals surface area contributed by atoms with E-state index in [0.29, 0.717) is 28.9 Å². The number of rotatable bonds is 6. The van der Waals surface area contributed by atoms with E-state index in [0.717, 1.165) is 11.1 Å². The van der Waals surface area contributed by atoms with Crippen molar-refractivity contribution in [2.75, 3.05) is 7.11 Å². The van der Waals surface area contributed by atoms with Crippen molar-refractivity contribution in [3.8, 4) is 28.9 Å². The highest BCUT2D eigenvalue weighted by atomic mass is 16.5. The molecule has 0 saturated heterocycles. The van der Waals surface area contributed by atoms with E-state index >= 15 is 0 Å². The molecule has 134 valence electrons. The average Bonchev–Trinajstić information content (AvgIpc) is 3.40. The van der Waals surface area contributed by atoms with Gasteiger partial charge in [-0.15, -0.1) is 10.2 Å². The molecule has 0 aliphatic heterocycles. The SMILES string of the molecule is COc1cccc(C(=O)Cc2cccc(-c3nnc(-c4ccco4)o3)c2)c1. The fraction of sp³-hybridized carbons (Fsp3) is 0.0952. The smallest absolute Gasteiger partial charge is 0.283 e. The van der Waals surface area contributed by atoms with Crippen LogP contribution in [-0.2, 0) is 6.42 Å². The second kappa shape index (κ2) is 7.29. The zero-order chi connectivity index (χ0) is 18.6. The number of aromatic nitrogens is 2. The minimum absolute atomic E-state index is 0.00727. The van der Waals surface area contributed by atoms with E-state index < -0.39 is 0 Å². The van der Waals surface area contributed by atoms with Gasteiger partial charge in [0.25, 0.3) is 5.89 Å². The molecule has 0 aliphatic rings. The van der Waals surface area contributed by atoms with Gasteiger partial charge >= 0.3 is 0 Å². The molecular formula is C21H16N2O4. The van der Waals surface area contributed by atoms with Crippen molar-refractivity contribution in [3.05, 3.63) is 78.1 Å². The van der Waals surface area contributed by atoms with E-state index in [1.54, 1.807) is 43.7 Å². The number of ether oxygens (including phenoxy) is 1. The molecule has 0 atom stereocenters. The topological polar surface area (TPSA) is 78.4 Å². The van der Waals surface area contributed by atoms with Gasteiger partial charge in [0.2, 0.25) is 5.89 Å². The average molecular weight is 360 g/mol. The molecule has 0 radical (unpaired) electrons. The molecule has 0 amide bonds. The van der Waals surface area contributed by atoms with E-state index in [1.807, 2.05) is 30.3 Å². The molecule has 4 aromatic rings. The van der Waals surface area contributed by atoms with Crippen LogP contribution in [0, 0.1) is 0 Å². The summed E-state index contributed by atoms with van der Waals surface area (Å²) in [5.41, 5.74) is 2.21. The molecule has 2 aromatic carbocycles. The minimum Gasteiger partial charge on any atom is -0.497 e. The zero-order valence-electron chi connectivity index (χ0n) is 14.6. The summed E-state index contributed by atoms with van der Waals surface area (Å²) >= 11 is 0. The second-order valence-electron chi connectivity index (χ2n) is 5.92. The fourth-order valence-electron chi connectivity index (χ4n) is 2.74. The van der Waals surface area contributed by atoms with Crippen molar-refractivity contribution in [3.63, 3.8) is 0 Å².